The number of ether oxygens (including phenoxy) is 1. The van der Waals surface area contributed by atoms with E-state index in [-0.39, 0.29) is 28.1 Å². The number of carbonyl (C=O) groups is 1. The van der Waals surface area contributed by atoms with Crippen LogP contribution in [-0.4, -0.2) is 18.1 Å². The van der Waals surface area contributed by atoms with Crippen LogP contribution in [0.5, 0.6) is 11.5 Å². The standard InChI is InChI=1S/C19H17ClN2O3/c1-12(14-6-4-3-5-7-14)22-19(24)15(11-21)8-13-9-16(20)18(23)17(10-13)25-2/h3-10,12,23H,1-2H3,(H,22,24)/b15-8+/t12-/m0/s1. The van der Waals surface area contributed by atoms with Crippen molar-refractivity contribution in [2.75, 3.05) is 7.11 Å². The summed E-state index contributed by atoms with van der Waals surface area (Å²) in [5.74, 6) is -0.530. The molecule has 0 aliphatic rings. The summed E-state index contributed by atoms with van der Waals surface area (Å²) in [5, 5.41) is 21.9. The molecular weight excluding hydrogens is 340 g/mol. The lowest BCUT2D eigenvalue weighted by Gasteiger charge is -2.14. The fraction of sp³-hybridized carbons (Fsp3) is 0.158. The summed E-state index contributed by atoms with van der Waals surface area (Å²) in [6.45, 7) is 1.84. The van der Waals surface area contributed by atoms with E-state index >= 15 is 0 Å². The molecule has 1 atom stereocenters. The molecule has 5 nitrogen and oxygen atoms in total. The highest BCUT2D eigenvalue weighted by Gasteiger charge is 2.15. The van der Waals surface area contributed by atoms with Gasteiger partial charge in [-0.25, -0.2) is 0 Å². The van der Waals surface area contributed by atoms with Gasteiger partial charge in [-0.15, -0.1) is 0 Å². The van der Waals surface area contributed by atoms with Gasteiger partial charge in [0.25, 0.3) is 5.91 Å². The number of nitrogens with zero attached hydrogens (tertiary/aromatic N) is 1. The van der Waals surface area contributed by atoms with Gasteiger partial charge in [0.2, 0.25) is 0 Å². The van der Waals surface area contributed by atoms with E-state index in [1.807, 2.05) is 43.3 Å². The third kappa shape index (κ3) is 4.52. The van der Waals surface area contributed by atoms with Gasteiger partial charge in [-0.1, -0.05) is 41.9 Å². The molecule has 0 unspecified atom stereocenters. The average molecular weight is 357 g/mol. The second-order valence-electron chi connectivity index (χ2n) is 5.33. The average Bonchev–Trinajstić information content (AvgIpc) is 2.62. The van der Waals surface area contributed by atoms with Gasteiger partial charge in [-0.3, -0.25) is 4.79 Å². The van der Waals surface area contributed by atoms with Gasteiger partial charge >= 0.3 is 0 Å². The summed E-state index contributed by atoms with van der Waals surface area (Å²) in [6.07, 6.45) is 1.39. The number of amides is 1. The zero-order chi connectivity index (χ0) is 18.4. The first kappa shape index (κ1) is 18.4. The molecule has 2 rings (SSSR count). The van der Waals surface area contributed by atoms with E-state index in [1.165, 1.54) is 25.3 Å². The van der Waals surface area contributed by atoms with E-state index in [9.17, 15) is 15.2 Å². The van der Waals surface area contributed by atoms with Crippen molar-refractivity contribution in [1.82, 2.24) is 5.32 Å². The first-order valence-electron chi connectivity index (χ1n) is 7.50. The zero-order valence-corrected chi connectivity index (χ0v) is 14.5. The van der Waals surface area contributed by atoms with Crippen LogP contribution in [0.3, 0.4) is 0 Å². The number of hydrogen-bond acceptors (Lipinski definition) is 4. The van der Waals surface area contributed by atoms with Crippen molar-refractivity contribution in [1.29, 1.82) is 5.26 Å². The van der Waals surface area contributed by atoms with Gasteiger partial charge in [-0.05, 0) is 36.3 Å². The van der Waals surface area contributed by atoms with Crippen LogP contribution in [0.25, 0.3) is 6.08 Å². The second-order valence-corrected chi connectivity index (χ2v) is 5.74. The number of benzene rings is 2. The maximum atomic E-state index is 12.4. The summed E-state index contributed by atoms with van der Waals surface area (Å²) < 4.78 is 5.02. The van der Waals surface area contributed by atoms with E-state index in [0.717, 1.165) is 5.56 Å². The normalized spacial score (nSPS) is 12.2. The van der Waals surface area contributed by atoms with E-state index < -0.39 is 5.91 Å². The van der Waals surface area contributed by atoms with E-state index in [1.54, 1.807) is 0 Å². The number of nitriles is 1. The summed E-state index contributed by atoms with van der Waals surface area (Å²) in [5.41, 5.74) is 1.33. The van der Waals surface area contributed by atoms with Gasteiger partial charge in [0.05, 0.1) is 18.2 Å². The third-order valence-corrected chi connectivity index (χ3v) is 3.88. The van der Waals surface area contributed by atoms with Crippen LogP contribution in [0.4, 0.5) is 0 Å². The minimum absolute atomic E-state index is 0.0703. The number of phenolic OH excluding ortho intramolecular Hbond substituents is 1. The topological polar surface area (TPSA) is 82.3 Å². The summed E-state index contributed by atoms with van der Waals surface area (Å²) >= 11 is 5.93. The number of hydrogen-bond donors (Lipinski definition) is 2. The Morgan fingerprint density at radius 1 is 1.36 bits per heavy atom. The molecule has 0 fully saturated rings. The number of rotatable bonds is 5. The van der Waals surface area contributed by atoms with E-state index in [4.69, 9.17) is 16.3 Å². The Morgan fingerprint density at radius 2 is 2.04 bits per heavy atom. The predicted octanol–water partition coefficient (Wildman–Crippen LogP) is 3.84. The van der Waals surface area contributed by atoms with Crippen molar-refractivity contribution in [3.8, 4) is 17.6 Å². The molecule has 0 aliphatic carbocycles. The first-order valence-corrected chi connectivity index (χ1v) is 7.88. The second kappa shape index (κ2) is 8.22. The lowest BCUT2D eigenvalue weighted by molar-refractivity contribution is -0.117. The number of carbonyl (C=O) groups excluding carboxylic acids is 1. The van der Waals surface area contributed by atoms with Crippen LogP contribution in [0.1, 0.15) is 24.1 Å². The highest BCUT2D eigenvalue weighted by Crippen LogP contribution is 2.35. The fourth-order valence-corrected chi connectivity index (χ4v) is 2.47. The van der Waals surface area contributed by atoms with Crippen LogP contribution in [0.15, 0.2) is 48.0 Å². The molecule has 0 saturated carbocycles. The maximum absolute atomic E-state index is 12.4. The van der Waals surface area contributed by atoms with Crippen molar-refractivity contribution < 1.29 is 14.6 Å². The van der Waals surface area contributed by atoms with Gasteiger partial charge in [0.1, 0.15) is 11.6 Å². The number of halogens is 1. The quantitative estimate of drug-likeness (QED) is 0.630. The third-order valence-electron chi connectivity index (χ3n) is 3.59. The largest absolute Gasteiger partial charge is 0.503 e. The molecule has 2 aromatic rings. The molecule has 6 heteroatoms. The minimum atomic E-state index is -0.498. The molecule has 0 spiro atoms. The Labute approximate surface area is 151 Å². The summed E-state index contributed by atoms with van der Waals surface area (Å²) in [4.78, 5) is 12.4. The van der Waals surface area contributed by atoms with Crippen molar-refractivity contribution in [2.24, 2.45) is 0 Å². The summed E-state index contributed by atoms with van der Waals surface area (Å²) in [6, 6.07) is 14.0. The van der Waals surface area contributed by atoms with Crippen LogP contribution in [-0.2, 0) is 4.79 Å². The van der Waals surface area contributed by atoms with Crippen molar-refractivity contribution in [3.63, 3.8) is 0 Å². The van der Waals surface area contributed by atoms with E-state index in [2.05, 4.69) is 5.32 Å². The zero-order valence-electron chi connectivity index (χ0n) is 13.8. The van der Waals surface area contributed by atoms with Crippen LogP contribution < -0.4 is 10.1 Å². The molecule has 25 heavy (non-hydrogen) atoms. The number of nitrogens with one attached hydrogen (secondary N) is 1. The van der Waals surface area contributed by atoms with Crippen LogP contribution in [0.2, 0.25) is 5.02 Å². The lowest BCUT2D eigenvalue weighted by Crippen LogP contribution is -2.27. The lowest BCUT2D eigenvalue weighted by atomic mass is 10.1. The Hall–Kier alpha value is -2.97. The minimum Gasteiger partial charge on any atom is -0.503 e. The molecule has 0 aliphatic heterocycles. The van der Waals surface area contributed by atoms with Gasteiger partial charge < -0.3 is 15.2 Å². The Morgan fingerprint density at radius 3 is 2.64 bits per heavy atom. The number of aromatic hydroxyl groups is 1. The molecule has 0 saturated heterocycles. The summed E-state index contributed by atoms with van der Waals surface area (Å²) in [7, 11) is 1.39. The molecule has 2 aromatic carbocycles. The molecule has 2 N–H and O–H groups in total. The molecule has 1 amide bonds. The van der Waals surface area contributed by atoms with Crippen LogP contribution in [0, 0.1) is 11.3 Å². The van der Waals surface area contributed by atoms with Gasteiger partial charge in [-0.2, -0.15) is 5.26 Å². The smallest absolute Gasteiger partial charge is 0.262 e. The molecular formula is C19H17ClN2O3. The number of phenols is 1. The SMILES string of the molecule is COc1cc(/C=C(\C#N)C(=O)N[C@@H](C)c2ccccc2)cc(Cl)c1O. The number of methoxy groups -OCH3 is 1. The van der Waals surface area contributed by atoms with E-state index in [0.29, 0.717) is 5.56 Å². The maximum Gasteiger partial charge on any atom is 0.262 e. The van der Waals surface area contributed by atoms with Crippen molar-refractivity contribution in [3.05, 3.63) is 64.2 Å². The predicted molar refractivity (Wildman–Crippen MR) is 96.3 cm³/mol. The van der Waals surface area contributed by atoms with Crippen molar-refractivity contribution >= 4 is 23.6 Å². The van der Waals surface area contributed by atoms with Crippen LogP contribution >= 0.6 is 11.6 Å². The Bertz CT molecular complexity index is 842. The van der Waals surface area contributed by atoms with Gasteiger partial charge in [0, 0.05) is 0 Å². The molecule has 0 heterocycles. The van der Waals surface area contributed by atoms with Gasteiger partial charge in [0.15, 0.2) is 11.5 Å². The first-order chi connectivity index (χ1) is 12.0. The fourth-order valence-electron chi connectivity index (χ4n) is 2.25. The molecule has 128 valence electrons. The van der Waals surface area contributed by atoms with Crippen molar-refractivity contribution in [2.45, 2.75) is 13.0 Å². The monoisotopic (exact) mass is 356 g/mol. The Kier molecular flexibility index (Phi) is 6.04. The Balaban J connectivity index is 2.24. The molecule has 0 radical (unpaired) electrons. The molecule has 0 aromatic heterocycles. The highest BCUT2D eigenvalue weighted by molar-refractivity contribution is 6.32. The molecule has 0 bridgehead atoms. The highest BCUT2D eigenvalue weighted by atomic mass is 35.5.